The van der Waals surface area contributed by atoms with Crippen LogP contribution in [0.15, 0.2) is 42.5 Å². The second kappa shape index (κ2) is 5.72. The van der Waals surface area contributed by atoms with Crippen LogP contribution in [0.4, 0.5) is 4.39 Å². The molecule has 0 radical (unpaired) electrons. The molecule has 0 N–H and O–H groups in total. The normalized spacial score (nSPS) is 18.8. The quantitative estimate of drug-likeness (QED) is 0.358. The van der Waals surface area contributed by atoms with Crippen LogP contribution in [-0.2, 0) is 4.74 Å². The molecule has 1 saturated heterocycles. The number of nitrogens with zero attached hydrogens (tertiary/aromatic N) is 1. The summed E-state index contributed by atoms with van der Waals surface area (Å²) in [6.07, 6.45) is -0.559. The van der Waals surface area contributed by atoms with Crippen molar-refractivity contribution in [3.63, 3.8) is 0 Å². The van der Waals surface area contributed by atoms with Crippen molar-refractivity contribution in [3.8, 4) is 11.3 Å². The van der Waals surface area contributed by atoms with E-state index in [0.717, 1.165) is 5.39 Å². The summed E-state index contributed by atoms with van der Waals surface area (Å²) in [4.78, 5) is 4.58. The maximum Gasteiger partial charge on any atom is 0.249 e. The van der Waals surface area contributed by atoms with E-state index < -0.39 is 16.4 Å². The number of hydrogen-bond donors (Lipinski definition) is 0. The lowest BCUT2D eigenvalue weighted by Crippen LogP contribution is -1.98. The third-order valence-corrected chi connectivity index (χ3v) is 5.10. The number of epoxide rings is 1. The Morgan fingerprint density at radius 2 is 1.79 bits per heavy atom. The standard InChI is InChI=1S/C17H8Cl4FNO/c18-10-7-8(5-6-11(10)22)15-14(19)13(16-17(20,21)24-16)9-3-1-2-4-12(9)23-15/h1-7,16H. The van der Waals surface area contributed by atoms with Crippen molar-refractivity contribution in [2.45, 2.75) is 10.6 Å². The van der Waals surface area contributed by atoms with Gasteiger partial charge in [0.05, 0.1) is 21.3 Å². The van der Waals surface area contributed by atoms with E-state index in [-0.39, 0.29) is 5.02 Å². The van der Waals surface area contributed by atoms with Crippen LogP contribution in [0, 0.1) is 5.82 Å². The van der Waals surface area contributed by atoms with Crippen LogP contribution in [0.2, 0.25) is 10.0 Å². The van der Waals surface area contributed by atoms with Gasteiger partial charge in [0.25, 0.3) is 0 Å². The summed E-state index contributed by atoms with van der Waals surface area (Å²) in [7, 11) is 0. The molecular weight excluding hydrogens is 395 g/mol. The van der Waals surface area contributed by atoms with E-state index in [1.807, 2.05) is 24.3 Å². The molecule has 0 aliphatic carbocycles. The largest absolute Gasteiger partial charge is 0.330 e. The fourth-order valence-corrected chi connectivity index (χ4v) is 3.58. The van der Waals surface area contributed by atoms with E-state index >= 15 is 0 Å². The molecule has 7 heteroatoms. The van der Waals surface area contributed by atoms with Crippen molar-refractivity contribution >= 4 is 57.3 Å². The summed E-state index contributed by atoms with van der Waals surface area (Å²) in [6.45, 7) is 0. The zero-order valence-corrected chi connectivity index (χ0v) is 14.9. The van der Waals surface area contributed by atoms with Crippen LogP contribution in [0.25, 0.3) is 22.2 Å². The van der Waals surface area contributed by atoms with Crippen molar-refractivity contribution in [1.82, 2.24) is 4.98 Å². The lowest BCUT2D eigenvalue weighted by molar-refractivity contribution is 0.393. The van der Waals surface area contributed by atoms with Crippen molar-refractivity contribution in [3.05, 3.63) is 63.9 Å². The highest BCUT2D eigenvalue weighted by Crippen LogP contribution is 2.59. The number of rotatable bonds is 2. The number of benzene rings is 2. The lowest BCUT2D eigenvalue weighted by atomic mass is 10.0. The molecule has 1 fully saturated rings. The van der Waals surface area contributed by atoms with Crippen LogP contribution in [0.1, 0.15) is 11.7 Å². The minimum Gasteiger partial charge on any atom is -0.330 e. The van der Waals surface area contributed by atoms with Crippen LogP contribution < -0.4 is 0 Å². The number of pyridine rings is 1. The second-order valence-electron chi connectivity index (χ2n) is 5.39. The Balaban J connectivity index is 2.00. The third-order valence-electron chi connectivity index (χ3n) is 3.85. The molecule has 1 aromatic heterocycles. The average molecular weight is 403 g/mol. The lowest BCUT2D eigenvalue weighted by Gasteiger charge is -2.12. The van der Waals surface area contributed by atoms with Gasteiger partial charge in [0.2, 0.25) is 4.52 Å². The maximum absolute atomic E-state index is 13.4. The maximum atomic E-state index is 13.4. The molecule has 122 valence electrons. The summed E-state index contributed by atoms with van der Waals surface area (Å²) in [6, 6.07) is 11.8. The van der Waals surface area contributed by atoms with E-state index in [1.165, 1.54) is 12.1 Å². The van der Waals surface area contributed by atoms with Crippen LogP contribution >= 0.6 is 46.4 Å². The van der Waals surface area contributed by atoms with Gasteiger partial charge in [0.1, 0.15) is 11.9 Å². The summed E-state index contributed by atoms with van der Waals surface area (Å²) >= 11 is 24.6. The molecule has 0 bridgehead atoms. The van der Waals surface area contributed by atoms with Gasteiger partial charge >= 0.3 is 0 Å². The summed E-state index contributed by atoms with van der Waals surface area (Å²) in [5.74, 6) is -0.511. The molecule has 1 aliphatic heterocycles. The van der Waals surface area contributed by atoms with E-state index in [4.69, 9.17) is 51.1 Å². The molecule has 1 atom stereocenters. The van der Waals surface area contributed by atoms with Gasteiger partial charge in [-0.2, -0.15) is 0 Å². The van der Waals surface area contributed by atoms with Gasteiger partial charge in [0.15, 0.2) is 0 Å². The highest BCUT2D eigenvalue weighted by molar-refractivity contribution is 6.49. The van der Waals surface area contributed by atoms with Gasteiger partial charge in [-0.25, -0.2) is 9.37 Å². The molecule has 1 unspecified atom stereocenters. The highest BCUT2D eigenvalue weighted by atomic mass is 35.5. The molecule has 2 heterocycles. The van der Waals surface area contributed by atoms with Gasteiger partial charge in [-0.15, -0.1) is 0 Å². The first-order chi connectivity index (χ1) is 11.4. The first-order valence-corrected chi connectivity index (χ1v) is 8.49. The predicted octanol–water partition coefficient (Wildman–Crippen LogP) is 6.55. The Bertz CT molecular complexity index is 976. The van der Waals surface area contributed by atoms with Gasteiger partial charge in [0, 0.05) is 16.5 Å². The molecular formula is C17H8Cl4FNO. The van der Waals surface area contributed by atoms with Gasteiger partial charge in [-0.05, 0) is 24.3 Å². The van der Waals surface area contributed by atoms with E-state index in [1.54, 1.807) is 6.07 Å². The minimum absolute atomic E-state index is 0.00761. The number of fused-ring (bicyclic) bond motifs is 1. The zero-order chi connectivity index (χ0) is 17.1. The summed E-state index contributed by atoms with van der Waals surface area (Å²) < 4.78 is 17.5. The molecule has 4 rings (SSSR count). The highest BCUT2D eigenvalue weighted by Gasteiger charge is 2.56. The van der Waals surface area contributed by atoms with Gasteiger partial charge in [-0.3, -0.25) is 0 Å². The van der Waals surface area contributed by atoms with Crippen molar-refractivity contribution < 1.29 is 9.13 Å². The Morgan fingerprint density at radius 1 is 1.08 bits per heavy atom. The molecule has 0 spiro atoms. The van der Waals surface area contributed by atoms with Crippen LogP contribution in [0.3, 0.4) is 0 Å². The molecule has 2 aromatic carbocycles. The topological polar surface area (TPSA) is 25.4 Å². The summed E-state index contributed by atoms with van der Waals surface area (Å²) in [5.41, 5.74) is 2.41. The Hall–Kier alpha value is -1.10. The number of alkyl halides is 2. The molecule has 1 aliphatic rings. The average Bonchev–Trinajstić information content (AvgIpc) is 3.17. The predicted molar refractivity (Wildman–Crippen MR) is 95.4 cm³/mol. The third kappa shape index (κ3) is 2.65. The fraction of sp³-hybridized carbons (Fsp3) is 0.118. The van der Waals surface area contributed by atoms with Gasteiger partial charge in [-0.1, -0.05) is 64.6 Å². The first-order valence-electron chi connectivity index (χ1n) is 6.97. The Labute approximate surface area is 157 Å². The number of para-hydroxylation sites is 1. The van der Waals surface area contributed by atoms with Crippen molar-refractivity contribution in [2.24, 2.45) is 0 Å². The number of ether oxygens (including phenoxy) is 1. The SMILES string of the molecule is Fc1ccc(-c2nc3ccccc3c(C3OC3(Cl)Cl)c2Cl)cc1Cl. The Morgan fingerprint density at radius 3 is 2.46 bits per heavy atom. The van der Waals surface area contributed by atoms with Crippen LogP contribution in [0.5, 0.6) is 0 Å². The first kappa shape index (κ1) is 16.4. The zero-order valence-electron chi connectivity index (χ0n) is 11.9. The number of hydrogen-bond acceptors (Lipinski definition) is 2. The minimum atomic E-state index is -1.31. The van der Waals surface area contributed by atoms with Crippen molar-refractivity contribution in [2.75, 3.05) is 0 Å². The smallest absolute Gasteiger partial charge is 0.249 e. The fourth-order valence-electron chi connectivity index (χ4n) is 2.66. The molecule has 0 amide bonds. The molecule has 24 heavy (non-hydrogen) atoms. The molecule has 3 aromatic rings. The number of aromatic nitrogens is 1. The van der Waals surface area contributed by atoms with E-state index in [2.05, 4.69) is 4.98 Å². The molecule has 0 saturated carbocycles. The van der Waals surface area contributed by atoms with E-state index in [9.17, 15) is 4.39 Å². The molecule has 2 nitrogen and oxygen atoms in total. The monoisotopic (exact) mass is 401 g/mol. The van der Waals surface area contributed by atoms with Crippen LogP contribution in [-0.4, -0.2) is 9.50 Å². The second-order valence-corrected chi connectivity index (χ2v) is 7.50. The Kier molecular flexibility index (Phi) is 3.90. The number of halogens is 5. The van der Waals surface area contributed by atoms with Crippen molar-refractivity contribution in [1.29, 1.82) is 0 Å². The summed E-state index contributed by atoms with van der Waals surface area (Å²) in [5, 5.41) is 1.14. The van der Waals surface area contributed by atoms with Gasteiger partial charge < -0.3 is 4.74 Å². The van der Waals surface area contributed by atoms with E-state index in [0.29, 0.717) is 27.4 Å².